The predicted molar refractivity (Wildman–Crippen MR) is 108 cm³/mol. The van der Waals surface area contributed by atoms with E-state index in [0.717, 1.165) is 16.5 Å². The van der Waals surface area contributed by atoms with Crippen molar-refractivity contribution >= 4 is 35.3 Å². The van der Waals surface area contributed by atoms with Crippen LogP contribution in [0.3, 0.4) is 0 Å². The van der Waals surface area contributed by atoms with Crippen LogP contribution in [0.15, 0.2) is 78.9 Å². The minimum absolute atomic E-state index is 0.0270. The van der Waals surface area contributed by atoms with Crippen molar-refractivity contribution < 1.29 is 24.3 Å². The third kappa shape index (κ3) is 3.42. The smallest absolute Gasteiger partial charge is 0.266 e. The van der Waals surface area contributed by atoms with Gasteiger partial charge in [0.15, 0.2) is 5.78 Å². The lowest BCUT2D eigenvalue weighted by molar-refractivity contribution is -0.255. The van der Waals surface area contributed by atoms with Gasteiger partial charge in [-0.1, -0.05) is 54.6 Å². The highest BCUT2D eigenvalue weighted by Crippen LogP contribution is 2.29. The summed E-state index contributed by atoms with van der Waals surface area (Å²) in [5.41, 5.74) is 1.65. The minimum Gasteiger partial charge on any atom is -0.545 e. The van der Waals surface area contributed by atoms with Crippen LogP contribution in [-0.4, -0.2) is 23.6 Å². The minimum atomic E-state index is -1.42. The second kappa shape index (κ2) is 7.60. The number of nitrogens with zero attached hydrogens (tertiary/aromatic N) is 1. The quantitative estimate of drug-likeness (QED) is 0.375. The van der Waals surface area contributed by atoms with Crippen molar-refractivity contribution in [2.24, 2.45) is 0 Å². The first kappa shape index (κ1) is 19.0. The standard InChI is InChI=1S/C24H15NO5/c26-21(16-4-2-1-3-5-16)13-8-15-6-10-18(11-7-15)25-22(27)19-12-9-17(24(29)30)14-20(19)23(25)28/h1-14H,(H,29,30)/p-1/b13-8+. The molecule has 2 amide bonds. The van der Waals surface area contributed by atoms with Crippen LogP contribution < -0.4 is 10.0 Å². The summed E-state index contributed by atoms with van der Waals surface area (Å²) in [5, 5.41) is 11.0. The van der Waals surface area contributed by atoms with Crippen LogP contribution in [0.1, 0.15) is 47.0 Å². The number of carboxylic acid groups (broad SMARTS) is 1. The number of carbonyl (C=O) groups is 4. The second-order valence-electron chi connectivity index (χ2n) is 6.65. The molecule has 6 nitrogen and oxygen atoms in total. The maximum Gasteiger partial charge on any atom is 0.266 e. The van der Waals surface area contributed by atoms with Crippen LogP contribution in [0.25, 0.3) is 6.08 Å². The highest BCUT2D eigenvalue weighted by atomic mass is 16.4. The Balaban J connectivity index is 1.55. The lowest BCUT2D eigenvalue weighted by Crippen LogP contribution is -2.29. The van der Waals surface area contributed by atoms with Gasteiger partial charge in [-0.3, -0.25) is 14.4 Å². The Bertz CT molecular complexity index is 1210. The number of carboxylic acids is 1. The lowest BCUT2D eigenvalue weighted by atomic mass is 10.1. The van der Waals surface area contributed by atoms with Crippen LogP contribution in [0, 0.1) is 0 Å². The third-order valence-corrected chi connectivity index (χ3v) is 4.76. The van der Waals surface area contributed by atoms with Crippen molar-refractivity contribution in [3.8, 4) is 0 Å². The highest BCUT2D eigenvalue weighted by Gasteiger charge is 2.36. The Kier molecular flexibility index (Phi) is 4.82. The highest BCUT2D eigenvalue weighted by molar-refractivity contribution is 6.34. The Hall–Kier alpha value is -4.32. The van der Waals surface area contributed by atoms with E-state index in [1.807, 2.05) is 6.07 Å². The van der Waals surface area contributed by atoms with Crippen molar-refractivity contribution in [3.63, 3.8) is 0 Å². The molecule has 0 radical (unpaired) electrons. The maximum absolute atomic E-state index is 12.7. The van der Waals surface area contributed by atoms with Gasteiger partial charge in [-0.25, -0.2) is 4.90 Å². The summed E-state index contributed by atoms with van der Waals surface area (Å²) in [6.45, 7) is 0. The van der Waals surface area contributed by atoms with Crippen molar-refractivity contribution in [1.29, 1.82) is 0 Å². The van der Waals surface area contributed by atoms with Crippen LogP contribution in [0.5, 0.6) is 0 Å². The molecule has 0 saturated carbocycles. The van der Waals surface area contributed by atoms with E-state index in [-0.39, 0.29) is 22.5 Å². The van der Waals surface area contributed by atoms with Gasteiger partial charge in [-0.05, 0) is 41.5 Å². The van der Waals surface area contributed by atoms with Crippen LogP contribution >= 0.6 is 0 Å². The fourth-order valence-electron chi connectivity index (χ4n) is 3.21. The summed E-state index contributed by atoms with van der Waals surface area (Å²) in [7, 11) is 0. The molecule has 6 heteroatoms. The number of benzene rings is 3. The van der Waals surface area contributed by atoms with Crippen molar-refractivity contribution in [2.75, 3.05) is 4.90 Å². The molecule has 3 aromatic rings. The number of carbonyl (C=O) groups excluding carboxylic acids is 4. The zero-order valence-corrected chi connectivity index (χ0v) is 15.6. The average Bonchev–Trinajstić information content (AvgIpc) is 3.02. The molecule has 0 N–H and O–H groups in total. The van der Waals surface area contributed by atoms with Gasteiger partial charge >= 0.3 is 0 Å². The Morgan fingerprint density at radius 3 is 2.10 bits per heavy atom. The molecule has 4 rings (SSSR count). The SMILES string of the molecule is O=C([O-])c1ccc2c(c1)C(=O)N(c1ccc(/C=C/C(=O)c3ccccc3)cc1)C2=O. The number of hydrogen-bond acceptors (Lipinski definition) is 5. The van der Waals surface area contributed by atoms with Crippen LogP contribution in [-0.2, 0) is 0 Å². The summed E-state index contributed by atoms with van der Waals surface area (Å²) in [5.74, 6) is -2.68. The van der Waals surface area contributed by atoms with Crippen LogP contribution in [0.4, 0.5) is 5.69 Å². The van der Waals surface area contributed by atoms with Crippen molar-refractivity contribution in [1.82, 2.24) is 0 Å². The molecule has 0 spiro atoms. The number of ketones is 1. The maximum atomic E-state index is 12.7. The summed E-state index contributed by atoms with van der Waals surface area (Å²) in [6, 6.07) is 19.1. The van der Waals surface area contributed by atoms with Gasteiger partial charge < -0.3 is 9.90 Å². The number of fused-ring (bicyclic) bond motifs is 1. The molecule has 30 heavy (non-hydrogen) atoms. The zero-order chi connectivity index (χ0) is 21.3. The van der Waals surface area contributed by atoms with E-state index in [9.17, 15) is 24.3 Å². The molecule has 0 atom stereocenters. The van der Waals surface area contributed by atoms with E-state index >= 15 is 0 Å². The molecule has 146 valence electrons. The molecule has 1 aliphatic rings. The van der Waals surface area contributed by atoms with E-state index in [1.165, 1.54) is 18.2 Å². The van der Waals surface area contributed by atoms with Gasteiger partial charge in [0.05, 0.1) is 22.8 Å². The summed E-state index contributed by atoms with van der Waals surface area (Å²) in [4.78, 5) is 49.5. The van der Waals surface area contributed by atoms with E-state index in [0.29, 0.717) is 11.3 Å². The van der Waals surface area contributed by atoms with Gasteiger partial charge in [0.1, 0.15) is 0 Å². The average molecular weight is 396 g/mol. The predicted octanol–water partition coefficient (Wildman–Crippen LogP) is 2.75. The molecule has 1 aliphatic heterocycles. The van der Waals surface area contributed by atoms with E-state index in [4.69, 9.17) is 0 Å². The summed E-state index contributed by atoms with van der Waals surface area (Å²) >= 11 is 0. The molecule has 0 unspecified atom stereocenters. The van der Waals surface area contributed by atoms with Gasteiger partial charge in [0, 0.05) is 5.56 Å². The molecule has 0 aliphatic carbocycles. The largest absolute Gasteiger partial charge is 0.545 e. The number of hydrogen-bond donors (Lipinski definition) is 0. The lowest BCUT2D eigenvalue weighted by Gasteiger charge is -2.13. The molecule has 0 fully saturated rings. The van der Waals surface area contributed by atoms with E-state index in [1.54, 1.807) is 54.6 Å². The first-order chi connectivity index (χ1) is 14.5. The first-order valence-electron chi connectivity index (χ1n) is 9.07. The first-order valence-corrected chi connectivity index (χ1v) is 9.07. The molecule has 0 saturated heterocycles. The summed E-state index contributed by atoms with van der Waals surface area (Å²) < 4.78 is 0. The normalized spacial score (nSPS) is 13.0. The van der Waals surface area contributed by atoms with E-state index in [2.05, 4.69) is 0 Å². The fourth-order valence-corrected chi connectivity index (χ4v) is 3.21. The van der Waals surface area contributed by atoms with Crippen molar-refractivity contribution in [2.45, 2.75) is 0 Å². The number of imide groups is 1. The van der Waals surface area contributed by atoms with Crippen LogP contribution in [0.2, 0.25) is 0 Å². The second-order valence-corrected chi connectivity index (χ2v) is 6.65. The van der Waals surface area contributed by atoms with E-state index < -0.39 is 17.8 Å². The number of allylic oxidation sites excluding steroid dienone is 1. The molecular formula is C24H14NO5-. The molecule has 0 aromatic heterocycles. The molecule has 0 bridgehead atoms. The molecular weight excluding hydrogens is 382 g/mol. The van der Waals surface area contributed by atoms with Gasteiger partial charge in [-0.2, -0.15) is 0 Å². The third-order valence-electron chi connectivity index (χ3n) is 4.76. The van der Waals surface area contributed by atoms with Gasteiger partial charge in [-0.15, -0.1) is 0 Å². The number of aromatic carboxylic acids is 1. The van der Waals surface area contributed by atoms with Gasteiger partial charge in [0.2, 0.25) is 0 Å². The monoisotopic (exact) mass is 396 g/mol. The fraction of sp³-hybridized carbons (Fsp3) is 0. The Morgan fingerprint density at radius 1 is 0.767 bits per heavy atom. The molecule has 1 heterocycles. The van der Waals surface area contributed by atoms with Gasteiger partial charge in [0.25, 0.3) is 11.8 Å². The number of rotatable bonds is 5. The molecule has 3 aromatic carbocycles. The van der Waals surface area contributed by atoms with Crippen molar-refractivity contribution in [3.05, 3.63) is 107 Å². The summed E-state index contributed by atoms with van der Waals surface area (Å²) in [6.07, 6.45) is 3.10. The number of amides is 2. The number of anilines is 1. The Labute approximate surface area is 171 Å². The topological polar surface area (TPSA) is 94.6 Å². The Morgan fingerprint density at radius 2 is 1.43 bits per heavy atom. The zero-order valence-electron chi connectivity index (χ0n) is 15.6.